The van der Waals surface area contributed by atoms with E-state index in [-0.39, 0.29) is 12.5 Å². The molecule has 0 heterocycles. The molecule has 2 aromatic rings. The average molecular weight is 331 g/mol. The highest BCUT2D eigenvalue weighted by atomic mass is 35.5. The van der Waals surface area contributed by atoms with Crippen LogP contribution in [0.4, 0.5) is 11.4 Å². The Hall–Kier alpha value is -2.46. The summed E-state index contributed by atoms with van der Waals surface area (Å²) in [6.07, 6.45) is 0. The highest BCUT2D eigenvalue weighted by Gasteiger charge is 2.07. The van der Waals surface area contributed by atoms with Crippen molar-refractivity contribution in [1.29, 1.82) is 0 Å². The van der Waals surface area contributed by atoms with E-state index in [0.29, 0.717) is 23.1 Å². The Kier molecular flexibility index (Phi) is 6.06. The molecule has 0 unspecified atom stereocenters. The van der Waals surface area contributed by atoms with E-state index in [1.807, 2.05) is 43.3 Å². The Morgan fingerprint density at radius 2 is 1.78 bits per heavy atom. The highest BCUT2D eigenvalue weighted by molar-refractivity contribution is 6.33. The summed E-state index contributed by atoms with van der Waals surface area (Å²) in [5.41, 5.74) is 2.27. The molecule has 120 valence electrons. The topological polar surface area (TPSA) is 50.4 Å². The SMILES string of the molecule is C=C(C)COc1ccccc1NCC(=O)Nc1ccccc1Cl. The maximum atomic E-state index is 12.0. The van der Waals surface area contributed by atoms with Crippen molar-refractivity contribution in [3.63, 3.8) is 0 Å². The summed E-state index contributed by atoms with van der Waals surface area (Å²) in [5, 5.41) is 6.33. The number of ether oxygens (including phenoxy) is 1. The van der Waals surface area contributed by atoms with Gasteiger partial charge in [-0.1, -0.05) is 42.4 Å². The smallest absolute Gasteiger partial charge is 0.243 e. The van der Waals surface area contributed by atoms with Crippen molar-refractivity contribution >= 4 is 28.9 Å². The van der Waals surface area contributed by atoms with E-state index < -0.39 is 0 Å². The summed E-state index contributed by atoms with van der Waals surface area (Å²) in [6, 6.07) is 14.6. The van der Waals surface area contributed by atoms with Gasteiger partial charge in [-0.15, -0.1) is 0 Å². The second kappa shape index (κ2) is 8.25. The van der Waals surface area contributed by atoms with E-state index in [2.05, 4.69) is 17.2 Å². The predicted octanol–water partition coefficient (Wildman–Crippen LogP) is 4.35. The van der Waals surface area contributed by atoms with Crippen LogP contribution in [0.1, 0.15) is 6.92 Å². The summed E-state index contributed by atoms with van der Waals surface area (Å²) in [4.78, 5) is 12.0. The number of rotatable bonds is 7. The van der Waals surface area contributed by atoms with Crippen molar-refractivity contribution in [3.8, 4) is 5.75 Å². The lowest BCUT2D eigenvalue weighted by molar-refractivity contribution is -0.114. The number of nitrogens with one attached hydrogen (secondary N) is 2. The van der Waals surface area contributed by atoms with Crippen molar-refractivity contribution in [2.45, 2.75) is 6.92 Å². The molecule has 4 nitrogen and oxygen atoms in total. The van der Waals surface area contributed by atoms with Gasteiger partial charge < -0.3 is 15.4 Å². The van der Waals surface area contributed by atoms with Crippen molar-refractivity contribution in [2.24, 2.45) is 0 Å². The van der Waals surface area contributed by atoms with Crippen LogP contribution in [0.15, 0.2) is 60.7 Å². The van der Waals surface area contributed by atoms with Gasteiger partial charge in [-0.05, 0) is 36.8 Å². The molecule has 23 heavy (non-hydrogen) atoms. The zero-order valence-corrected chi connectivity index (χ0v) is 13.7. The minimum atomic E-state index is -0.187. The normalized spacial score (nSPS) is 10.0. The van der Waals surface area contributed by atoms with E-state index in [9.17, 15) is 4.79 Å². The van der Waals surface area contributed by atoms with E-state index >= 15 is 0 Å². The van der Waals surface area contributed by atoms with Crippen LogP contribution in [-0.2, 0) is 4.79 Å². The molecule has 0 aliphatic heterocycles. The number of halogens is 1. The van der Waals surface area contributed by atoms with Crippen LogP contribution in [-0.4, -0.2) is 19.1 Å². The standard InChI is InChI=1S/C18H19ClN2O2/c1-13(2)12-23-17-10-6-5-9-16(17)20-11-18(22)21-15-8-4-3-7-14(15)19/h3-10,20H,1,11-12H2,2H3,(H,21,22). The molecular weight excluding hydrogens is 312 g/mol. The molecule has 0 radical (unpaired) electrons. The van der Waals surface area contributed by atoms with Gasteiger partial charge >= 0.3 is 0 Å². The van der Waals surface area contributed by atoms with E-state index in [0.717, 1.165) is 11.3 Å². The maximum Gasteiger partial charge on any atom is 0.243 e. The van der Waals surface area contributed by atoms with E-state index in [4.69, 9.17) is 16.3 Å². The Bertz CT molecular complexity index is 701. The molecule has 5 heteroatoms. The van der Waals surface area contributed by atoms with Gasteiger partial charge in [0.25, 0.3) is 0 Å². The fourth-order valence-electron chi connectivity index (χ4n) is 1.87. The second-order valence-corrected chi connectivity index (χ2v) is 5.53. The number of carbonyl (C=O) groups excluding carboxylic acids is 1. The van der Waals surface area contributed by atoms with Crippen LogP contribution in [0.2, 0.25) is 5.02 Å². The largest absolute Gasteiger partial charge is 0.487 e. The van der Waals surface area contributed by atoms with Crippen LogP contribution in [0.25, 0.3) is 0 Å². The zero-order valence-electron chi connectivity index (χ0n) is 12.9. The Balaban J connectivity index is 1.94. The fraction of sp³-hybridized carbons (Fsp3) is 0.167. The van der Waals surface area contributed by atoms with Crippen LogP contribution in [0.5, 0.6) is 5.75 Å². The number of anilines is 2. The third kappa shape index (κ3) is 5.34. The van der Waals surface area contributed by atoms with Crippen LogP contribution in [0, 0.1) is 0 Å². The van der Waals surface area contributed by atoms with Gasteiger partial charge in [-0.3, -0.25) is 4.79 Å². The number of benzene rings is 2. The lowest BCUT2D eigenvalue weighted by Gasteiger charge is -2.13. The Labute approximate surface area is 141 Å². The minimum absolute atomic E-state index is 0.110. The first-order chi connectivity index (χ1) is 11.1. The van der Waals surface area contributed by atoms with Crippen molar-refractivity contribution in [2.75, 3.05) is 23.8 Å². The van der Waals surface area contributed by atoms with Crippen LogP contribution in [0.3, 0.4) is 0 Å². The molecule has 0 aromatic heterocycles. The molecule has 0 aliphatic carbocycles. The molecule has 0 atom stereocenters. The van der Waals surface area contributed by atoms with Crippen molar-refractivity contribution < 1.29 is 9.53 Å². The molecule has 0 bridgehead atoms. The van der Waals surface area contributed by atoms with Crippen LogP contribution >= 0.6 is 11.6 Å². The Morgan fingerprint density at radius 3 is 2.48 bits per heavy atom. The molecule has 2 rings (SSSR count). The summed E-state index contributed by atoms with van der Waals surface area (Å²) in [5.74, 6) is 0.494. The molecule has 2 aromatic carbocycles. The number of hydrogen-bond donors (Lipinski definition) is 2. The van der Waals surface area contributed by atoms with Gasteiger partial charge in [0.2, 0.25) is 5.91 Å². The van der Waals surface area contributed by atoms with E-state index in [1.54, 1.807) is 12.1 Å². The molecule has 0 fully saturated rings. The highest BCUT2D eigenvalue weighted by Crippen LogP contribution is 2.24. The molecule has 0 aliphatic rings. The molecular formula is C18H19ClN2O2. The molecule has 0 saturated heterocycles. The molecule has 1 amide bonds. The molecule has 0 saturated carbocycles. The number of para-hydroxylation sites is 3. The van der Waals surface area contributed by atoms with Crippen molar-refractivity contribution in [1.82, 2.24) is 0 Å². The monoisotopic (exact) mass is 330 g/mol. The van der Waals surface area contributed by atoms with Crippen LogP contribution < -0.4 is 15.4 Å². The van der Waals surface area contributed by atoms with Gasteiger partial charge in [0.05, 0.1) is 22.9 Å². The number of hydrogen-bond acceptors (Lipinski definition) is 3. The molecule has 2 N–H and O–H groups in total. The third-order valence-electron chi connectivity index (χ3n) is 2.95. The van der Waals surface area contributed by atoms with Gasteiger partial charge in [-0.25, -0.2) is 0 Å². The first-order valence-electron chi connectivity index (χ1n) is 7.20. The third-order valence-corrected chi connectivity index (χ3v) is 3.28. The van der Waals surface area contributed by atoms with E-state index in [1.165, 1.54) is 0 Å². The average Bonchev–Trinajstić information content (AvgIpc) is 2.54. The lowest BCUT2D eigenvalue weighted by Crippen LogP contribution is -2.22. The zero-order chi connectivity index (χ0) is 16.7. The summed E-state index contributed by atoms with van der Waals surface area (Å²) in [7, 11) is 0. The number of amides is 1. The van der Waals surface area contributed by atoms with Crippen molar-refractivity contribution in [3.05, 3.63) is 65.7 Å². The lowest BCUT2D eigenvalue weighted by atomic mass is 10.3. The van der Waals surface area contributed by atoms with Gasteiger partial charge in [0.15, 0.2) is 0 Å². The quantitative estimate of drug-likeness (QED) is 0.742. The Morgan fingerprint density at radius 1 is 1.13 bits per heavy atom. The first kappa shape index (κ1) is 16.9. The maximum absolute atomic E-state index is 12.0. The fourth-order valence-corrected chi connectivity index (χ4v) is 2.05. The predicted molar refractivity (Wildman–Crippen MR) is 95.3 cm³/mol. The van der Waals surface area contributed by atoms with Gasteiger partial charge in [0, 0.05) is 0 Å². The molecule has 0 spiro atoms. The summed E-state index contributed by atoms with van der Waals surface area (Å²) in [6.45, 7) is 6.25. The van der Waals surface area contributed by atoms with Gasteiger partial charge in [-0.2, -0.15) is 0 Å². The number of carbonyl (C=O) groups is 1. The summed E-state index contributed by atoms with van der Waals surface area (Å²) >= 11 is 6.02. The minimum Gasteiger partial charge on any atom is -0.487 e. The second-order valence-electron chi connectivity index (χ2n) is 5.12. The van der Waals surface area contributed by atoms with Gasteiger partial charge in [0.1, 0.15) is 12.4 Å². The summed E-state index contributed by atoms with van der Waals surface area (Å²) < 4.78 is 5.65. The first-order valence-corrected chi connectivity index (χ1v) is 7.58.